The fourth-order valence-electron chi connectivity index (χ4n) is 2.86. The third kappa shape index (κ3) is 3.10. The Balaban J connectivity index is 1.83. The first-order chi connectivity index (χ1) is 11.9. The minimum atomic E-state index is -1.45. The number of imide groups is 1. The van der Waals surface area contributed by atoms with E-state index in [1.807, 2.05) is 0 Å². The smallest absolute Gasteiger partial charge is 0.332 e. The summed E-state index contributed by atoms with van der Waals surface area (Å²) in [5.74, 6) is -2.19. The van der Waals surface area contributed by atoms with Crippen LogP contribution in [0.2, 0.25) is 0 Å². The van der Waals surface area contributed by atoms with Crippen LogP contribution in [0.25, 0.3) is 0 Å². The zero-order chi connectivity index (χ0) is 18.1. The molecule has 1 aliphatic rings. The maximum absolute atomic E-state index is 13.8. The van der Waals surface area contributed by atoms with Gasteiger partial charge in [0, 0.05) is 17.3 Å². The van der Waals surface area contributed by atoms with Crippen LogP contribution in [-0.4, -0.2) is 34.5 Å². The molecule has 0 aliphatic carbocycles. The highest BCUT2D eigenvalue weighted by Crippen LogP contribution is 2.28. The molecule has 0 radical (unpaired) electrons. The maximum Gasteiger partial charge on any atom is 0.332 e. The van der Waals surface area contributed by atoms with E-state index in [4.69, 9.17) is 0 Å². The van der Waals surface area contributed by atoms with Gasteiger partial charge in [0.25, 0.3) is 5.91 Å². The minimum Gasteiger partial charge on any atom is -0.386 e. The third-order valence-electron chi connectivity index (χ3n) is 4.16. The second-order valence-electron chi connectivity index (χ2n) is 5.79. The topological polar surface area (TPSA) is 60.9 Å². The van der Waals surface area contributed by atoms with E-state index < -0.39 is 42.3 Å². The van der Waals surface area contributed by atoms with Gasteiger partial charge in [0.15, 0.2) is 0 Å². The first-order valence-electron chi connectivity index (χ1n) is 7.72. The van der Waals surface area contributed by atoms with E-state index in [9.17, 15) is 23.5 Å². The van der Waals surface area contributed by atoms with Gasteiger partial charge < -0.3 is 5.11 Å². The average Bonchev–Trinajstić information content (AvgIpc) is 2.79. The van der Waals surface area contributed by atoms with E-state index in [0.717, 1.165) is 17.0 Å². The summed E-state index contributed by atoms with van der Waals surface area (Å²) in [5, 5.41) is 10.2. The molecule has 2 aromatic carbocycles. The number of carbonyl (C=O) groups is 2. The molecule has 3 rings (SSSR count). The molecule has 0 spiro atoms. The van der Waals surface area contributed by atoms with Gasteiger partial charge in [-0.05, 0) is 25.1 Å². The van der Waals surface area contributed by atoms with Crippen LogP contribution in [0.4, 0.5) is 19.3 Å². The lowest BCUT2D eigenvalue weighted by molar-refractivity contribution is -0.128. The average molecular weight is 346 g/mol. The van der Waals surface area contributed by atoms with Crippen molar-refractivity contribution in [1.29, 1.82) is 0 Å². The number of halogens is 2. The molecule has 2 atom stereocenters. The van der Waals surface area contributed by atoms with Crippen LogP contribution in [-0.2, 0) is 4.79 Å². The second-order valence-corrected chi connectivity index (χ2v) is 5.79. The SMILES string of the molecule is CC1C(=O)N(CC(O)c2ccc(F)cc2F)C(=O)N1c1ccccc1. The molecule has 2 unspecified atom stereocenters. The van der Waals surface area contributed by atoms with Gasteiger partial charge >= 0.3 is 6.03 Å². The van der Waals surface area contributed by atoms with E-state index in [1.165, 1.54) is 4.90 Å². The van der Waals surface area contributed by atoms with Crippen molar-refractivity contribution in [1.82, 2.24) is 4.90 Å². The molecule has 130 valence electrons. The third-order valence-corrected chi connectivity index (χ3v) is 4.16. The van der Waals surface area contributed by atoms with Gasteiger partial charge in [0.1, 0.15) is 17.7 Å². The van der Waals surface area contributed by atoms with Crippen molar-refractivity contribution in [3.8, 4) is 0 Å². The number of rotatable bonds is 4. The van der Waals surface area contributed by atoms with Crippen molar-refractivity contribution in [3.05, 3.63) is 65.7 Å². The standard InChI is InChI=1S/C18H16F2N2O3/c1-11-17(24)21(18(25)22(11)13-5-3-2-4-6-13)10-16(23)14-8-7-12(19)9-15(14)20/h2-9,11,16,23H,10H2,1H3. The number of carbonyl (C=O) groups excluding carboxylic acids is 2. The Morgan fingerprint density at radius 2 is 1.80 bits per heavy atom. The lowest BCUT2D eigenvalue weighted by atomic mass is 10.1. The highest BCUT2D eigenvalue weighted by molar-refractivity contribution is 6.14. The normalized spacial score (nSPS) is 18.8. The van der Waals surface area contributed by atoms with Crippen molar-refractivity contribution in [2.75, 3.05) is 11.4 Å². The Labute approximate surface area is 143 Å². The van der Waals surface area contributed by atoms with Crippen molar-refractivity contribution in [2.24, 2.45) is 0 Å². The Kier molecular flexibility index (Phi) is 4.50. The summed E-state index contributed by atoms with van der Waals surface area (Å²) < 4.78 is 26.8. The fourth-order valence-corrected chi connectivity index (χ4v) is 2.86. The number of β-amino-alcohol motifs (C(OH)–C–C–N with tert-alkyl or cyclic N) is 1. The Bertz CT molecular complexity index is 813. The van der Waals surface area contributed by atoms with Gasteiger partial charge in [-0.1, -0.05) is 24.3 Å². The molecule has 1 saturated heterocycles. The van der Waals surface area contributed by atoms with Gasteiger partial charge in [0.2, 0.25) is 0 Å². The van der Waals surface area contributed by atoms with Gasteiger partial charge in [-0.3, -0.25) is 14.6 Å². The second kappa shape index (κ2) is 6.60. The predicted octanol–water partition coefficient (Wildman–Crippen LogP) is 2.86. The number of hydrogen-bond donors (Lipinski definition) is 1. The van der Waals surface area contributed by atoms with Crippen LogP contribution < -0.4 is 4.90 Å². The summed E-state index contributed by atoms with van der Waals surface area (Å²) >= 11 is 0. The molecule has 5 nitrogen and oxygen atoms in total. The Morgan fingerprint density at radius 1 is 1.12 bits per heavy atom. The summed E-state index contributed by atoms with van der Waals surface area (Å²) in [4.78, 5) is 27.2. The predicted molar refractivity (Wildman–Crippen MR) is 86.8 cm³/mol. The lowest BCUT2D eigenvalue weighted by Gasteiger charge is -2.21. The first kappa shape index (κ1) is 17.0. The molecule has 1 fully saturated rings. The van der Waals surface area contributed by atoms with E-state index in [2.05, 4.69) is 0 Å². The zero-order valence-corrected chi connectivity index (χ0v) is 13.4. The van der Waals surface area contributed by atoms with Crippen molar-refractivity contribution in [3.63, 3.8) is 0 Å². The molecule has 0 saturated carbocycles. The number of para-hydroxylation sites is 1. The molecule has 0 bridgehead atoms. The van der Waals surface area contributed by atoms with Crippen molar-refractivity contribution >= 4 is 17.6 Å². The Hall–Kier alpha value is -2.80. The molecular weight excluding hydrogens is 330 g/mol. The van der Waals surface area contributed by atoms with E-state index in [1.54, 1.807) is 37.3 Å². The van der Waals surface area contributed by atoms with Crippen LogP contribution in [0, 0.1) is 11.6 Å². The summed E-state index contributed by atoms with van der Waals surface area (Å²) in [6, 6.07) is 10.1. The molecule has 3 amide bonds. The number of anilines is 1. The molecule has 25 heavy (non-hydrogen) atoms. The molecule has 2 aromatic rings. The zero-order valence-electron chi connectivity index (χ0n) is 13.4. The van der Waals surface area contributed by atoms with E-state index >= 15 is 0 Å². The first-order valence-corrected chi connectivity index (χ1v) is 7.72. The number of urea groups is 1. The maximum atomic E-state index is 13.8. The monoisotopic (exact) mass is 346 g/mol. The van der Waals surface area contributed by atoms with Gasteiger partial charge in [0.05, 0.1) is 12.6 Å². The molecule has 7 heteroatoms. The number of amides is 3. The molecule has 1 aliphatic heterocycles. The van der Waals surface area contributed by atoms with Gasteiger partial charge in [-0.15, -0.1) is 0 Å². The molecule has 1 heterocycles. The summed E-state index contributed by atoms with van der Waals surface area (Å²) in [6.07, 6.45) is -1.45. The van der Waals surface area contributed by atoms with E-state index in [-0.39, 0.29) is 5.56 Å². The highest BCUT2D eigenvalue weighted by atomic mass is 19.1. The summed E-state index contributed by atoms with van der Waals surface area (Å²) in [7, 11) is 0. The van der Waals surface area contributed by atoms with E-state index in [0.29, 0.717) is 11.8 Å². The Morgan fingerprint density at radius 3 is 2.44 bits per heavy atom. The molecule has 0 aromatic heterocycles. The fraction of sp³-hybridized carbons (Fsp3) is 0.222. The number of aliphatic hydroxyl groups excluding tert-OH is 1. The lowest BCUT2D eigenvalue weighted by Crippen LogP contribution is -2.36. The van der Waals surface area contributed by atoms with Gasteiger partial charge in [-0.2, -0.15) is 0 Å². The van der Waals surface area contributed by atoms with Crippen LogP contribution in [0.15, 0.2) is 48.5 Å². The number of nitrogens with zero attached hydrogens (tertiary/aromatic N) is 2. The number of aliphatic hydroxyl groups is 1. The van der Waals surface area contributed by atoms with Crippen molar-refractivity contribution < 1.29 is 23.5 Å². The van der Waals surface area contributed by atoms with Crippen LogP contribution in [0.5, 0.6) is 0 Å². The van der Waals surface area contributed by atoms with Crippen molar-refractivity contribution in [2.45, 2.75) is 19.1 Å². The molecular formula is C18H16F2N2O3. The largest absolute Gasteiger partial charge is 0.386 e. The minimum absolute atomic E-state index is 0.173. The summed E-state index contributed by atoms with van der Waals surface area (Å²) in [5.41, 5.74) is 0.381. The summed E-state index contributed by atoms with van der Waals surface area (Å²) in [6.45, 7) is 1.17. The van der Waals surface area contributed by atoms with Gasteiger partial charge in [-0.25, -0.2) is 13.6 Å². The molecule has 1 N–H and O–H groups in total. The van der Waals surface area contributed by atoms with Crippen LogP contribution in [0.1, 0.15) is 18.6 Å². The number of benzene rings is 2. The van der Waals surface area contributed by atoms with Crippen LogP contribution >= 0.6 is 0 Å². The quantitative estimate of drug-likeness (QED) is 0.866. The van der Waals surface area contributed by atoms with Crippen LogP contribution in [0.3, 0.4) is 0 Å². The highest BCUT2D eigenvalue weighted by Gasteiger charge is 2.44. The number of hydrogen-bond acceptors (Lipinski definition) is 3.